The Bertz CT molecular complexity index is 1100. The molecule has 200 valence electrons. The van der Waals surface area contributed by atoms with E-state index >= 15 is 0 Å². The second kappa shape index (κ2) is 12.3. The summed E-state index contributed by atoms with van der Waals surface area (Å²) < 4.78 is 6.20. The molecule has 1 N–H and O–H groups in total. The smallest absolute Gasteiger partial charge is 0.407 e. The molecule has 1 heterocycles. The standard InChI is InChI=1S/C29H38BrN3O4/c1-20-15-25(10-7-24(20)19-32-13-14-33(29(35)36)21(2)18-32)31(3)28(34)23-8-11-26(12-9-23)37-27-6-4-5-22(16-27)17-30/h4-7,10,15-16,21,23,26H,8-9,11-14,17-19H2,1-3H3,(H,35,36)/t21-,23-,26-/m0/s1. The fraction of sp³-hybridized carbons (Fsp3) is 0.517. The van der Waals surface area contributed by atoms with E-state index in [0.717, 1.165) is 67.6 Å². The molecule has 2 aromatic rings. The second-order valence-corrected chi connectivity index (χ2v) is 11.0. The van der Waals surface area contributed by atoms with Gasteiger partial charge in [0.25, 0.3) is 0 Å². The van der Waals surface area contributed by atoms with E-state index in [9.17, 15) is 14.7 Å². The van der Waals surface area contributed by atoms with Gasteiger partial charge in [0.2, 0.25) is 5.91 Å². The van der Waals surface area contributed by atoms with Crippen LogP contribution in [0.2, 0.25) is 0 Å². The molecule has 0 aromatic heterocycles. The van der Waals surface area contributed by atoms with Crippen molar-refractivity contribution in [2.24, 2.45) is 5.92 Å². The molecular formula is C29H38BrN3O4. The zero-order valence-corrected chi connectivity index (χ0v) is 23.6. The predicted octanol–water partition coefficient (Wildman–Crippen LogP) is 5.67. The van der Waals surface area contributed by atoms with Crippen molar-refractivity contribution in [3.63, 3.8) is 0 Å². The molecular weight excluding hydrogens is 534 g/mol. The fourth-order valence-electron chi connectivity index (χ4n) is 5.49. The minimum Gasteiger partial charge on any atom is -0.490 e. The number of nitrogens with zero attached hydrogens (tertiary/aromatic N) is 3. The molecule has 2 amide bonds. The Morgan fingerprint density at radius 2 is 1.86 bits per heavy atom. The van der Waals surface area contributed by atoms with E-state index in [1.54, 1.807) is 4.90 Å². The van der Waals surface area contributed by atoms with Crippen molar-refractivity contribution in [1.82, 2.24) is 9.80 Å². The zero-order valence-electron chi connectivity index (χ0n) is 22.0. The quantitative estimate of drug-likeness (QED) is 0.433. The van der Waals surface area contributed by atoms with Gasteiger partial charge in [-0.1, -0.05) is 34.1 Å². The lowest BCUT2D eigenvalue weighted by Gasteiger charge is -2.38. The molecule has 0 unspecified atom stereocenters. The summed E-state index contributed by atoms with van der Waals surface area (Å²) >= 11 is 3.49. The summed E-state index contributed by atoms with van der Waals surface area (Å²) in [5, 5.41) is 10.1. The van der Waals surface area contributed by atoms with Crippen LogP contribution in [0.15, 0.2) is 42.5 Å². The van der Waals surface area contributed by atoms with E-state index in [4.69, 9.17) is 4.74 Å². The lowest BCUT2D eigenvalue weighted by atomic mass is 9.86. The summed E-state index contributed by atoms with van der Waals surface area (Å²) in [5.74, 6) is 1.09. The predicted molar refractivity (Wildman–Crippen MR) is 150 cm³/mol. The highest BCUT2D eigenvalue weighted by atomic mass is 79.9. The lowest BCUT2D eigenvalue weighted by molar-refractivity contribution is -0.123. The van der Waals surface area contributed by atoms with Crippen LogP contribution >= 0.6 is 15.9 Å². The van der Waals surface area contributed by atoms with Crippen LogP contribution in [0.25, 0.3) is 0 Å². The van der Waals surface area contributed by atoms with Crippen LogP contribution in [-0.4, -0.2) is 65.7 Å². The van der Waals surface area contributed by atoms with Crippen molar-refractivity contribution in [3.8, 4) is 5.75 Å². The van der Waals surface area contributed by atoms with E-state index < -0.39 is 6.09 Å². The number of ether oxygens (including phenoxy) is 1. The van der Waals surface area contributed by atoms with Crippen molar-refractivity contribution in [1.29, 1.82) is 0 Å². The average molecular weight is 573 g/mol. The number of piperazine rings is 1. The Balaban J connectivity index is 1.29. The van der Waals surface area contributed by atoms with Gasteiger partial charge in [0.1, 0.15) is 5.75 Å². The first kappa shape index (κ1) is 27.5. The molecule has 4 rings (SSSR count). The SMILES string of the molecule is Cc1cc(N(C)C(=O)[C@H]2CC[C@H](Oc3cccc(CBr)c3)CC2)ccc1CN1CCN(C(=O)O)[C@@H](C)C1. The Kier molecular flexibility index (Phi) is 9.13. The number of carboxylic acid groups (broad SMARTS) is 1. The average Bonchev–Trinajstić information content (AvgIpc) is 2.89. The third-order valence-corrected chi connectivity index (χ3v) is 8.42. The summed E-state index contributed by atoms with van der Waals surface area (Å²) in [5.41, 5.74) is 4.47. The number of carbonyl (C=O) groups excluding carboxylic acids is 1. The monoisotopic (exact) mass is 571 g/mol. The maximum Gasteiger partial charge on any atom is 0.407 e. The van der Waals surface area contributed by atoms with Crippen LogP contribution in [0.4, 0.5) is 10.5 Å². The minimum atomic E-state index is -0.846. The normalized spacial score (nSPS) is 22.5. The summed E-state index contributed by atoms with van der Waals surface area (Å²) in [4.78, 5) is 30.2. The number of alkyl halides is 1. The van der Waals surface area contributed by atoms with Gasteiger partial charge in [-0.25, -0.2) is 4.79 Å². The van der Waals surface area contributed by atoms with Crippen LogP contribution in [0.3, 0.4) is 0 Å². The van der Waals surface area contributed by atoms with E-state index in [1.807, 2.05) is 32.2 Å². The van der Waals surface area contributed by atoms with Gasteiger partial charge in [0.15, 0.2) is 0 Å². The van der Waals surface area contributed by atoms with Gasteiger partial charge in [-0.15, -0.1) is 0 Å². The molecule has 1 saturated heterocycles. The third-order valence-electron chi connectivity index (χ3n) is 7.77. The van der Waals surface area contributed by atoms with Crippen molar-refractivity contribution in [2.45, 2.75) is 63.6 Å². The molecule has 0 radical (unpaired) electrons. The number of hydrogen-bond acceptors (Lipinski definition) is 4. The highest BCUT2D eigenvalue weighted by Gasteiger charge is 2.30. The number of benzene rings is 2. The number of amides is 2. The summed E-state index contributed by atoms with van der Waals surface area (Å²) in [6.45, 7) is 6.80. The molecule has 8 heteroatoms. The van der Waals surface area contributed by atoms with Crippen LogP contribution in [0, 0.1) is 12.8 Å². The topological polar surface area (TPSA) is 73.3 Å². The molecule has 37 heavy (non-hydrogen) atoms. The number of halogens is 1. The molecule has 1 aliphatic carbocycles. The van der Waals surface area contributed by atoms with Crippen LogP contribution < -0.4 is 9.64 Å². The molecule has 0 bridgehead atoms. The zero-order chi connectivity index (χ0) is 26.5. The molecule has 2 fully saturated rings. The Labute approximate surface area is 228 Å². The Morgan fingerprint density at radius 1 is 1.11 bits per heavy atom. The first-order valence-electron chi connectivity index (χ1n) is 13.2. The number of aryl methyl sites for hydroxylation is 1. The first-order chi connectivity index (χ1) is 17.7. The second-order valence-electron chi connectivity index (χ2n) is 10.4. The van der Waals surface area contributed by atoms with Crippen molar-refractivity contribution >= 4 is 33.6 Å². The third kappa shape index (κ3) is 6.85. The number of anilines is 1. The molecule has 2 aliphatic rings. The number of rotatable bonds is 7. The Hall–Kier alpha value is -2.58. The van der Waals surface area contributed by atoms with Gasteiger partial charge in [0, 0.05) is 56.2 Å². The van der Waals surface area contributed by atoms with Gasteiger partial charge in [0.05, 0.1) is 6.10 Å². The number of carbonyl (C=O) groups is 2. The fourth-order valence-corrected chi connectivity index (χ4v) is 5.84. The van der Waals surface area contributed by atoms with Crippen LogP contribution in [0.1, 0.15) is 49.3 Å². The molecule has 7 nitrogen and oxygen atoms in total. The molecule has 1 saturated carbocycles. The molecule has 2 aromatic carbocycles. The first-order valence-corrected chi connectivity index (χ1v) is 14.3. The lowest BCUT2D eigenvalue weighted by Crippen LogP contribution is -2.53. The van der Waals surface area contributed by atoms with Gasteiger partial charge in [-0.2, -0.15) is 0 Å². The van der Waals surface area contributed by atoms with Gasteiger partial charge >= 0.3 is 6.09 Å². The summed E-state index contributed by atoms with van der Waals surface area (Å²) in [6, 6.07) is 14.4. The van der Waals surface area contributed by atoms with Crippen molar-refractivity contribution < 1.29 is 19.4 Å². The summed E-state index contributed by atoms with van der Waals surface area (Å²) in [6.07, 6.45) is 2.75. The maximum atomic E-state index is 13.3. The largest absolute Gasteiger partial charge is 0.490 e. The highest BCUT2D eigenvalue weighted by molar-refractivity contribution is 9.08. The molecule has 1 atom stereocenters. The molecule has 0 spiro atoms. The molecule has 1 aliphatic heterocycles. The van der Waals surface area contributed by atoms with E-state index in [2.05, 4.69) is 52.0 Å². The van der Waals surface area contributed by atoms with E-state index in [-0.39, 0.29) is 24.0 Å². The van der Waals surface area contributed by atoms with Gasteiger partial charge in [-0.05, 0) is 80.5 Å². The van der Waals surface area contributed by atoms with Crippen molar-refractivity contribution in [3.05, 3.63) is 59.2 Å². The maximum absolute atomic E-state index is 13.3. The highest BCUT2D eigenvalue weighted by Crippen LogP contribution is 2.31. The van der Waals surface area contributed by atoms with Crippen LogP contribution in [0.5, 0.6) is 5.75 Å². The van der Waals surface area contributed by atoms with Crippen LogP contribution in [-0.2, 0) is 16.7 Å². The summed E-state index contributed by atoms with van der Waals surface area (Å²) in [7, 11) is 1.87. The van der Waals surface area contributed by atoms with Gasteiger partial charge in [-0.3, -0.25) is 9.69 Å². The van der Waals surface area contributed by atoms with E-state index in [1.165, 1.54) is 16.0 Å². The Morgan fingerprint density at radius 3 is 2.51 bits per heavy atom. The van der Waals surface area contributed by atoms with Gasteiger partial charge < -0.3 is 19.6 Å². The van der Waals surface area contributed by atoms with Crippen molar-refractivity contribution in [2.75, 3.05) is 31.6 Å². The van der Waals surface area contributed by atoms with E-state index in [0.29, 0.717) is 6.54 Å². The minimum absolute atomic E-state index is 0.0189. The number of hydrogen-bond donors (Lipinski definition) is 1.